The number of aromatic nitrogens is 2. The van der Waals surface area contributed by atoms with E-state index >= 15 is 0 Å². The molecule has 134 valence electrons. The smallest absolute Gasteiger partial charge is 0.284 e. The topological polar surface area (TPSA) is 93.1 Å². The summed E-state index contributed by atoms with van der Waals surface area (Å²) in [5, 5.41) is 0. The molecule has 0 aliphatic rings. The number of carbonyl (C=O) groups is 1. The molecule has 8 heteroatoms. The van der Waals surface area contributed by atoms with Gasteiger partial charge in [0.2, 0.25) is 0 Å². The van der Waals surface area contributed by atoms with Crippen LogP contribution in [0.15, 0.2) is 72.0 Å². The van der Waals surface area contributed by atoms with Gasteiger partial charge in [-0.1, -0.05) is 37.3 Å². The van der Waals surface area contributed by atoms with Gasteiger partial charge in [0, 0.05) is 5.69 Å². The van der Waals surface area contributed by atoms with Crippen LogP contribution in [0.1, 0.15) is 23.0 Å². The summed E-state index contributed by atoms with van der Waals surface area (Å²) in [6, 6.07) is 15.6. The number of carbonyl (C=O) groups excluding carboxylic acids is 1. The number of sulfonamides is 1. The van der Waals surface area contributed by atoms with Crippen molar-refractivity contribution in [3.8, 4) is 5.69 Å². The quantitative estimate of drug-likeness (QED) is 0.650. The second-order valence-electron chi connectivity index (χ2n) is 5.54. The summed E-state index contributed by atoms with van der Waals surface area (Å²) in [5.41, 5.74) is 4.20. The minimum Gasteiger partial charge on any atom is -0.295 e. The molecule has 0 spiro atoms. The average Bonchev–Trinajstić information content (AvgIpc) is 3.17. The minimum absolute atomic E-state index is 0.0755. The highest BCUT2D eigenvalue weighted by Gasteiger charge is 2.18. The van der Waals surface area contributed by atoms with Gasteiger partial charge in [-0.3, -0.25) is 14.8 Å². The molecule has 7 nitrogen and oxygen atoms in total. The van der Waals surface area contributed by atoms with Crippen molar-refractivity contribution in [2.24, 2.45) is 0 Å². The van der Waals surface area contributed by atoms with E-state index < -0.39 is 15.9 Å². The van der Waals surface area contributed by atoms with Crippen LogP contribution in [0.2, 0.25) is 0 Å². The molecule has 26 heavy (non-hydrogen) atoms. The van der Waals surface area contributed by atoms with Gasteiger partial charge in [0.05, 0.1) is 17.4 Å². The maximum Gasteiger partial charge on any atom is 0.284 e. The first-order valence-corrected chi connectivity index (χ1v) is 9.48. The van der Waals surface area contributed by atoms with Crippen LogP contribution < -0.4 is 10.3 Å². The number of rotatable bonds is 6. The van der Waals surface area contributed by atoms with Gasteiger partial charge in [-0.15, -0.1) is 4.83 Å². The average molecular weight is 370 g/mol. The highest BCUT2D eigenvalue weighted by Crippen LogP contribution is 2.12. The zero-order chi connectivity index (χ0) is 18.6. The molecule has 0 aliphatic heterocycles. The molecule has 0 saturated carbocycles. The lowest BCUT2D eigenvalue weighted by Crippen LogP contribution is -2.42. The molecule has 0 radical (unpaired) electrons. The highest BCUT2D eigenvalue weighted by molar-refractivity contribution is 7.89. The summed E-state index contributed by atoms with van der Waals surface area (Å²) in [4.78, 5) is 18.5. The van der Waals surface area contributed by atoms with Crippen molar-refractivity contribution in [1.29, 1.82) is 0 Å². The second kappa shape index (κ2) is 7.51. The van der Waals surface area contributed by atoms with E-state index in [1.54, 1.807) is 16.7 Å². The molecule has 1 aromatic heterocycles. The van der Waals surface area contributed by atoms with E-state index in [1.165, 1.54) is 24.7 Å². The largest absolute Gasteiger partial charge is 0.295 e. The Morgan fingerprint density at radius 3 is 2.42 bits per heavy atom. The van der Waals surface area contributed by atoms with Crippen molar-refractivity contribution in [1.82, 2.24) is 19.8 Å². The first kappa shape index (κ1) is 17.8. The Bertz CT molecular complexity index is 996. The molecule has 3 aromatic rings. The molecule has 1 heterocycles. The van der Waals surface area contributed by atoms with Gasteiger partial charge in [-0.05, 0) is 36.2 Å². The van der Waals surface area contributed by atoms with Crippen LogP contribution in [0.25, 0.3) is 5.69 Å². The van der Waals surface area contributed by atoms with Crippen molar-refractivity contribution in [3.05, 3.63) is 78.4 Å². The van der Waals surface area contributed by atoms with Crippen molar-refractivity contribution >= 4 is 15.9 Å². The molecular weight excluding hydrogens is 352 g/mol. The maximum absolute atomic E-state index is 12.4. The molecule has 0 aliphatic carbocycles. The molecule has 1 amide bonds. The summed E-state index contributed by atoms with van der Waals surface area (Å²) in [5.74, 6) is -0.611. The van der Waals surface area contributed by atoms with E-state index in [4.69, 9.17) is 0 Å². The van der Waals surface area contributed by atoms with Crippen LogP contribution in [0, 0.1) is 0 Å². The van der Waals surface area contributed by atoms with E-state index in [0.717, 1.165) is 17.7 Å². The normalized spacial score (nSPS) is 11.3. The van der Waals surface area contributed by atoms with Crippen LogP contribution in [0.4, 0.5) is 0 Å². The van der Waals surface area contributed by atoms with Crippen LogP contribution in [0.3, 0.4) is 0 Å². The molecule has 2 aromatic carbocycles. The molecule has 3 rings (SSSR count). The number of nitrogens with one attached hydrogen (secondary N) is 2. The van der Waals surface area contributed by atoms with Gasteiger partial charge in [0.25, 0.3) is 15.9 Å². The summed E-state index contributed by atoms with van der Waals surface area (Å²) >= 11 is 0. The number of amides is 1. The van der Waals surface area contributed by atoms with E-state index in [2.05, 4.69) is 15.2 Å². The number of para-hydroxylation sites is 1. The number of benzene rings is 2. The number of nitrogens with zero attached hydrogens (tertiary/aromatic N) is 2. The highest BCUT2D eigenvalue weighted by atomic mass is 32.2. The summed E-state index contributed by atoms with van der Waals surface area (Å²) in [6.07, 6.45) is 3.67. The second-order valence-corrected chi connectivity index (χ2v) is 7.22. The number of aryl methyl sites for hydroxylation is 1. The third-order valence-corrected chi connectivity index (χ3v) is 5.11. The van der Waals surface area contributed by atoms with Gasteiger partial charge >= 0.3 is 0 Å². The predicted molar refractivity (Wildman–Crippen MR) is 97.2 cm³/mol. The van der Waals surface area contributed by atoms with Crippen molar-refractivity contribution in [3.63, 3.8) is 0 Å². The zero-order valence-corrected chi connectivity index (χ0v) is 14.9. The van der Waals surface area contributed by atoms with Crippen molar-refractivity contribution in [2.45, 2.75) is 18.2 Å². The SMILES string of the molecule is CCc1ccc(S(=O)(=O)NNC(=O)c2cncn2-c2ccccc2)cc1. The van der Waals surface area contributed by atoms with Crippen LogP contribution >= 0.6 is 0 Å². The lowest BCUT2D eigenvalue weighted by Gasteiger charge is -2.10. The fraction of sp³-hybridized carbons (Fsp3) is 0.111. The number of hydrazine groups is 1. The van der Waals surface area contributed by atoms with Crippen LogP contribution in [-0.2, 0) is 16.4 Å². The van der Waals surface area contributed by atoms with E-state index in [-0.39, 0.29) is 10.6 Å². The minimum atomic E-state index is -3.86. The molecular formula is C18H18N4O3S. The molecule has 0 bridgehead atoms. The molecule has 0 unspecified atom stereocenters. The Morgan fingerprint density at radius 1 is 1.08 bits per heavy atom. The Morgan fingerprint density at radius 2 is 1.77 bits per heavy atom. The number of hydrogen-bond donors (Lipinski definition) is 2. The van der Waals surface area contributed by atoms with Crippen LogP contribution in [-0.4, -0.2) is 23.9 Å². The summed E-state index contributed by atoms with van der Waals surface area (Å²) in [7, 11) is -3.86. The van der Waals surface area contributed by atoms with Crippen LogP contribution in [0.5, 0.6) is 0 Å². The monoisotopic (exact) mass is 370 g/mol. The number of imidazole rings is 1. The molecule has 0 saturated heterocycles. The lowest BCUT2D eigenvalue weighted by molar-refractivity contribution is 0.0938. The standard InChI is InChI=1S/C18H18N4O3S/c1-2-14-8-10-16(11-9-14)26(24,25)21-20-18(23)17-12-19-13-22(17)15-6-4-3-5-7-15/h3-13,21H,2H2,1H3,(H,20,23). The molecule has 2 N–H and O–H groups in total. The van der Waals surface area contributed by atoms with Gasteiger partial charge in [-0.25, -0.2) is 13.4 Å². The van der Waals surface area contributed by atoms with Gasteiger partial charge in [0.15, 0.2) is 0 Å². The predicted octanol–water partition coefficient (Wildman–Crippen LogP) is 2.06. The van der Waals surface area contributed by atoms with E-state index in [1.807, 2.05) is 37.3 Å². The van der Waals surface area contributed by atoms with Crippen molar-refractivity contribution < 1.29 is 13.2 Å². The summed E-state index contributed by atoms with van der Waals surface area (Å²) < 4.78 is 26.2. The maximum atomic E-state index is 12.4. The first-order chi connectivity index (χ1) is 12.5. The zero-order valence-electron chi connectivity index (χ0n) is 14.1. The van der Waals surface area contributed by atoms with E-state index in [9.17, 15) is 13.2 Å². The van der Waals surface area contributed by atoms with Gasteiger partial charge in [-0.2, -0.15) is 0 Å². The Labute approximate surface area is 151 Å². The summed E-state index contributed by atoms with van der Waals surface area (Å²) in [6.45, 7) is 1.98. The Hall–Kier alpha value is -2.97. The molecule has 0 fully saturated rings. The Balaban J connectivity index is 1.74. The first-order valence-electron chi connectivity index (χ1n) is 8.00. The van der Waals surface area contributed by atoms with Gasteiger partial charge in [0.1, 0.15) is 5.69 Å². The van der Waals surface area contributed by atoms with E-state index in [0.29, 0.717) is 0 Å². The van der Waals surface area contributed by atoms with Crippen molar-refractivity contribution in [2.75, 3.05) is 0 Å². The molecule has 0 atom stereocenters. The fourth-order valence-corrected chi connectivity index (χ4v) is 3.24. The fourth-order valence-electron chi connectivity index (χ4n) is 2.40. The third kappa shape index (κ3) is 3.81. The lowest BCUT2D eigenvalue weighted by atomic mass is 10.2. The Kier molecular flexibility index (Phi) is 5.15. The third-order valence-electron chi connectivity index (χ3n) is 3.85. The van der Waals surface area contributed by atoms with Gasteiger partial charge < -0.3 is 0 Å². The number of hydrogen-bond acceptors (Lipinski definition) is 4.